The van der Waals surface area contributed by atoms with Crippen LogP contribution in [0.25, 0.3) is 16.6 Å². The standard InChI is InChI=1S/2C22H27N5O2.C13H19N4.C9H13NO2.4ClH/c2*1-16-14-18(17(15-20(16)29)23-9-13-28)24-21-19-8-4-5-10-26(19)25-22(21)27(2)11-6-3-7-12-27;1-17(9-5-2-6-10-17)13-12(14)11-7-3-4-8-16(11)15-13;1-7-2-3-8(6-9(7)12)10-4-5-11;;;;/h2*4-5,8,10,14-15,28H,3,6-7,9,11-13H2,1-2H3;3-4,7-8H,2,5-6,9-10,14H2,1H3;2-3,6,10-12H,4-5H2,1H3;4*1H/q;;+1;;;;;/p-1. The third-order valence-electron chi connectivity index (χ3n) is 17.1. The number of likely N-dealkylation sites (tertiary alicyclic amines) is 3. The number of aliphatic hydroxyl groups is 3. The number of phenols is 1. The number of halogens is 4. The van der Waals surface area contributed by atoms with Crippen molar-refractivity contribution in [3.63, 3.8) is 0 Å². The number of allylic oxidation sites excluding steroid dienone is 6. The number of aliphatic hydroxyl groups excluding tert-OH is 3. The Morgan fingerprint density at radius 1 is 0.505 bits per heavy atom. The smallest absolute Gasteiger partial charge is 0.273 e. The zero-order valence-corrected chi connectivity index (χ0v) is 56.0. The Balaban J connectivity index is 0.000000228. The van der Waals surface area contributed by atoms with E-state index in [1.807, 2.05) is 118 Å². The van der Waals surface area contributed by atoms with Gasteiger partial charge in [0.15, 0.2) is 22.9 Å². The van der Waals surface area contributed by atoms with Gasteiger partial charge in [-0.1, -0.05) is 24.3 Å². The molecule has 492 valence electrons. The maximum Gasteiger partial charge on any atom is 0.273 e. The number of fused-ring (bicyclic) bond motifs is 3. The van der Waals surface area contributed by atoms with E-state index >= 15 is 0 Å². The van der Waals surface area contributed by atoms with Crippen LogP contribution in [-0.2, 0) is 9.59 Å². The number of nitrogens with one attached hydrogen (secondary N) is 3. The van der Waals surface area contributed by atoms with Gasteiger partial charge in [0.1, 0.15) is 11.4 Å². The first-order valence-electron chi connectivity index (χ1n) is 30.6. The Labute approximate surface area is 558 Å². The molecule has 0 unspecified atom stereocenters. The number of pyridine rings is 3. The van der Waals surface area contributed by atoms with Crippen molar-refractivity contribution in [2.24, 2.45) is 9.98 Å². The lowest BCUT2D eigenvalue weighted by atomic mass is 10.0. The fourth-order valence-corrected chi connectivity index (χ4v) is 11.9. The SMILES string of the molecule is CC1=CC(=Nc2c([N+]3(C)CCCCC3)nn3ccccc23)C(NCCO)=CC1=O.CC1=CC(=Nc2c([N+]3(C)CCCCC3)nn3ccccc23)C(NCCO)=CC1=O.C[N+]1(c2nn3ccccc3c2N)CCCCC1.Cc1ccc(NCCO)cc1O.Cl.[Cl-].[Cl-].[Cl-]. The number of benzene rings is 1. The van der Waals surface area contributed by atoms with Gasteiger partial charge in [-0.15, -0.1) is 27.7 Å². The average Bonchev–Trinajstić information content (AvgIpc) is 1.73. The highest BCUT2D eigenvalue weighted by Crippen LogP contribution is 2.41. The average molecular weight is 1330 g/mol. The van der Waals surface area contributed by atoms with Crippen molar-refractivity contribution >= 4 is 92.2 Å². The van der Waals surface area contributed by atoms with Crippen molar-refractivity contribution < 1.29 is 67.2 Å². The van der Waals surface area contributed by atoms with Crippen molar-refractivity contribution in [3.05, 3.63) is 144 Å². The van der Waals surface area contributed by atoms with Gasteiger partial charge in [0.25, 0.3) is 17.5 Å². The van der Waals surface area contributed by atoms with Gasteiger partial charge in [-0.05, 0) is 150 Å². The molecule has 6 aromatic heterocycles. The summed E-state index contributed by atoms with van der Waals surface area (Å²) in [6.45, 7) is 13.2. The number of rotatable bonds is 14. The largest absolute Gasteiger partial charge is 1.00 e. The lowest BCUT2D eigenvalue weighted by molar-refractivity contribution is -0.112. The van der Waals surface area contributed by atoms with E-state index in [0.717, 1.165) is 115 Å². The molecule has 0 radical (unpaired) electrons. The molecule has 25 heteroatoms. The molecule has 3 aliphatic heterocycles. The van der Waals surface area contributed by atoms with Crippen LogP contribution in [-0.4, -0.2) is 172 Å². The molecular formula is C66H89Cl4N15O6. The molecule has 0 atom stereocenters. The minimum atomic E-state index is -0.0421. The molecule has 21 nitrogen and oxygen atoms in total. The minimum absolute atomic E-state index is 0. The van der Waals surface area contributed by atoms with Gasteiger partial charge >= 0.3 is 0 Å². The highest BCUT2D eigenvalue weighted by molar-refractivity contribution is 6.23. The number of carbonyl (C=O) groups is 2. The van der Waals surface area contributed by atoms with Crippen LogP contribution in [0.4, 0.5) is 40.2 Å². The van der Waals surface area contributed by atoms with E-state index in [1.54, 1.807) is 32.1 Å². The molecule has 9 heterocycles. The molecule has 7 aromatic rings. The zero-order chi connectivity index (χ0) is 61.7. The van der Waals surface area contributed by atoms with E-state index in [-0.39, 0.29) is 86.8 Å². The van der Waals surface area contributed by atoms with Crippen molar-refractivity contribution in [2.45, 2.75) is 78.6 Å². The summed E-state index contributed by atoms with van der Waals surface area (Å²) in [5, 5.41) is 59.9. The van der Waals surface area contributed by atoms with Gasteiger partial charge in [-0.25, -0.2) is 23.5 Å². The van der Waals surface area contributed by atoms with Crippen molar-refractivity contribution in [3.8, 4) is 5.75 Å². The second kappa shape index (κ2) is 34.0. The molecule has 91 heavy (non-hydrogen) atoms. The number of piperidine rings is 3. The summed E-state index contributed by atoms with van der Waals surface area (Å²) in [6.07, 6.45) is 23.7. The molecule has 2 aliphatic carbocycles. The normalized spacial score (nSPS) is 18.1. The van der Waals surface area contributed by atoms with E-state index in [0.29, 0.717) is 53.6 Å². The van der Waals surface area contributed by atoms with E-state index in [9.17, 15) is 24.9 Å². The third-order valence-corrected chi connectivity index (χ3v) is 17.1. The monoisotopic (exact) mass is 1330 g/mol. The first-order valence-corrected chi connectivity index (χ1v) is 30.6. The molecule has 0 amide bonds. The number of nitrogen functional groups attached to an aromatic ring is 1. The number of nitrogens with two attached hydrogens (primary N) is 1. The van der Waals surface area contributed by atoms with Crippen molar-refractivity contribution in [1.82, 2.24) is 52.9 Å². The summed E-state index contributed by atoms with van der Waals surface area (Å²) in [5.74, 6) is 3.16. The quantitative estimate of drug-likeness (QED) is 0.0512. The van der Waals surface area contributed by atoms with Gasteiger partial charge in [-0.2, -0.15) is 0 Å². The summed E-state index contributed by atoms with van der Waals surface area (Å²) in [4.78, 5) is 34.4. The number of carbonyl (C=O) groups excluding carboxylic acids is 2. The molecule has 0 saturated carbocycles. The van der Waals surface area contributed by atoms with Crippen molar-refractivity contribution in [2.75, 3.05) is 111 Å². The van der Waals surface area contributed by atoms with E-state index in [1.165, 1.54) is 57.8 Å². The van der Waals surface area contributed by atoms with Gasteiger partial charge in [0, 0.05) is 62.1 Å². The Morgan fingerprint density at radius 3 is 1.25 bits per heavy atom. The molecule has 3 saturated heterocycles. The highest BCUT2D eigenvalue weighted by Gasteiger charge is 2.37. The first-order chi connectivity index (χ1) is 42.0. The number of aromatic hydroxyl groups is 1. The number of hydrogen-bond donors (Lipinski definition) is 8. The highest BCUT2D eigenvalue weighted by atomic mass is 35.5. The first kappa shape index (κ1) is 74.6. The van der Waals surface area contributed by atoms with Crippen LogP contribution in [0.15, 0.2) is 148 Å². The van der Waals surface area contributed by atoms with Crippen LogP contribution >= 0.6 is 12.4 Å². The predicted octanol–water partition coefficient (Wildman–Crippen LogP) is -0.379. The van der Waals surface area contributed by atoms with Gasteiger partial charge in [-0.3, -0.25) is 23.0 Å². The van der Waals surface area contributed by atoms with Crippen LogP contribution in [0.5, 0.6) is 5.75 Å². The number of anilines is 2. The maximum atomic E-state index is 12.2. The zero-order valence-electron chi connectivity index (χ0n) is 53.0. The number of nitrogens with zero attached hydrogens (tertiary/aromatic N) is 11. The van der Waals surface area contributed by atoms with E-state index in [2.05, 4.69) is 42.2 Å². The molecule has 9 N–H and O–H groups in total. The summed E-state index contributed by atoms with van der Waals surface area (Å²) < 4.78 is 8.08. The minimum Gasteiger partial charge on any atom is -1.00 e. The Bertz CT molecular complexity index is 3630. The lowest BCUT2D eigenvalue weighted by Crippen LogP contribution is -3.00. The maximum absolute atomic E-state index is 12.2. The molecule has 5 aliphatic rings. The van der Waals surface area contributed by atoms with Gasteiger partial charge < -0.3 is 79.3 Å². The topological polar surface area (TPSA) is 254 Å². The molecule has 12 rings (SSSR count). The second-order valence-electron chi connectivity index (χ2n) is 23.8. The van der Waals surface area contributed by atoms with Gasteiger partial charge in [0.05, 0.1) is 120 Å². The van der Waals surface area contributed by atoms with E-state index < -0.39 is 0 Å². The molecule has 0 bridgehead atoms. The lowest BCUT2D eigenvalue weighted by Gasteiger charge is -2.35. The Hall–Kier alpha value is -7.15. The second-order valence-corrected chi connectivity index (χ2v) is 23.8. The number of aliphatic imine (C=N–C) groups is 2. The van der Waals surface area contributed by atoms with Crippen LogP contribution in [0.3, 0.4) is 0 Å². The third kappa shape index (κ3) is 17.7. The number of phenolic OH excluding ortho intramolecular Hbond substituents is 1. The number of aromatic nitrogens is 6. The van der Waals surface area contributed by atoms with Crippen LogP contribution in [0, 0.1) is 6.92 Å². The van der Waals surface area contributed by atoms with Crippen LogP contribution in [0.1, 0.15) is 77.2 Å². The van der Waals surface area contributed by atoms with Crippen molar-refractivity contribution in [1.29, 1.82) is 0 Å². The molecule has 0 spiro atoms. The molecule has 3 fully saturated rings. The number of ketones is 2. The van der Waals surface area contributed by atoms with Gasteiger partial charge in [0.2, 0.25) is 0 Å². The number of quaternary nitrogens is 3. The molecular weight excluding hydrogens is 1240 g/mol. The Kier molecular flexibility index (Phi) is 27.8. The fraction of sp³-hybridized carbons (Fsp3) is 0.409. The predicted molar refractivity (Wildman–Crippen MR) is 358 cm³/mol. The summed E-state index contributed by atoms with van der Waals surface area (Å²) in [7, 11) is 6.71. The fourth-order valence-electron chi connectivity index (χ4n) is 11.9. The summed E-state index contributed by atoms with van der Waals surface area (Å²) >= 11 is 0. The van der Waals surface area contributed by atoms with Crippen LogP contribution < -0.4 is 72.4 Å². The van der Waals surface area contributed by atoms with Crippen LogP contribution in [0.2, 0.25) is 0 Å². The number of aryl methyl sites for hydroxylation is 1. The number of hydrogen-bond acceptors (Lipinski definition) is 15. The Morgan fingerprint density at radius 2 is 0.868 bits per heavy atom. The summed E-state index contributed by atoms with van der Waals surface area (Å²) in [5.41, 5.74) is 17.3. The molecule has 1 aromatic carbocycles. The van der Waals surface area contributed by atoms with E-state index in [4.69, 9.17) is 31.0 Å². The summed E-state index contributed by atoms with van der Waals surface area (Å²) in [6, 6.07) is 23.3.